The molecule has 7 heteroatoms. The summed E-state index contributed by atoms with van der Waals surface area (Å²) in [6.45, 7) is 3.29. The zero-order valence-electron chi connectivity index (χ0n) is 12.3. The van der Waals surface area contributed by atoms with Gasteiger partial charge in [0.05, 0.1) is 18.4 Å². The normalized spacial score (nSPS) is 22.2. The monoisotopic (exact) mass is 311 g/mol. The molecule has 2 aliphatic rings. The SMILES string of the molecule is CN1CCc2nc(NC(=O)COCC3CCCO3)sc2C1. The molecule has 0 saturated carbocycles. The number of carbonyl (C=O) groups is 1. The molecule has 1 fully saturated rings. The zero-order valence-corrected chi connectivity index (χ0v) is 13.1. The Morgan fingerprint density at radius 1 is 1.62 bits per heavy atom. The fourth-order valence-electron chi connectivity index (χ4n) is 2.59. The second-order valence-corrected chi connectivity index (χ2v) is 6.66. The second-order valence-electron chi connectivity index (χ2n) is 5.58. The average molecular weight is 311 g/mol. The maximum absolute atomic E-state index is 11.8. The number of amides is 1. The molecule has 1 aromatic rings. The van der Waals surface area contributed by atoms with Crippen LogP contribution in [-0.2, 0) is 27.2 Å². The van der Waals surface area contributed by atoms with E-state index in [1.165, 1.54) is 4.88 Å². The van der Waals surface area contributed by atoms with Crippen LogP contribution in [0.1, 0.15) is 23.4 Å². The first-order valence-electron chi connectivity index (χ1n) is 7.37. The van der Waals surface area contributed by atoms with Crippen LogP contribution in [0.25, 0.3) is 0 Å². The summed E-state index contributed by atoms with van der Waals surface area (Å²) in [6, 6.07) is 0. The van der Waals surface area contributed by atoms with Crippen LogP contribution in [0, 0.1) is 0 Å². The smallest absolute Gasteiger partial charge is 0.252 e. The Morgan fingerprint density at radius 3 is 3.33 bits per heavy atom. The van der Waals surface area contributed by atoms with Gasteiger partial charge in [-0.2, -0.15) is 0 Å². The van der Waals surface area contributed by atoms with Crippen LogP contribution in [0.5, 0.6) is 0 Å². The van der Waals surface area contributed by atoms with Crippen LogP contribution in [0.15, 0.2) is 0 Å². The van der Waals surface area contributed by atoms with Gasteiger partial charge in [-0.05, 0) is 19.9 Å². The highest BCUT2D eigenvalue weighted by Gasteiger charge is 2.19. The van der Waals surface area contributed by atoms with E-state index in [2.05, 4.69) is 22.2 Å². The van der Waals surface area contributed by atoms with Crippen molar-refractivity contribution < 1.29 is 14.3 Å². The van der Waals surface area contributed by atoms with Crippen molar-refractivity contribution in [3.63, 3.8) is 0 Å². The standard InChI is InChI=1S/C14H21N3O3S/c1-17-5-4-11-12(7-17)21-14(15-11)16-13(18)9-19-8-10-3-2-6-20-10/h10H,2-9H2,1H3,(H,15,16,18). The van der Waals surface area contributed by atoms with E-state index in [9.17, 15) is 4.79 Å². The summed E-state index contributed by atoms with van der Waals surface area (Å²) in [5.74, 6) is -0.146. The minimum Gasteiger partial charge on any atom is -0.376 e. The van der Waals surface area contributed by atoms with Crippen molar-refractivity contribution in [2.24, 2.45) is 0 Å². The lowest BCUT2D eigenvalue weighted by atomic mass is 10.2. The Balaban J connectivity index is 1.44. The molecule has 3 rings (SSSR count). The molecular formula is C14H21N3O3S. The number of hydrogen-bond donors (Lipinski definition) is 1. The Kier molecular flexibility index (Phi) is 4.84. The molecule has 1 atom stereocenters. The third-order valence-electron chi connectivity index (χ3n) is 3.73. The summed E-state index contributed by atoms with van der Waals surface area (Å²) < 4.78 is 10.8. The molecule has 1 N–H and O–H groups in total. The van der Waals surface area contributed by atoms with Crippen LogP contribution in [0.2, 0.25) is 0 Å². The minimum atomic E-state index is -0.146. The van der Waals surface area contributed by atoms with Crippen molar-refractivity contribution >= 4 is 22.4 Å². The topological polar surface area (TPSA) is 63.7 Å². The van der Waals surface area contributed by atoms with Crippen molar-refractivity contribution in [1.29, 1.82) is 0 Å². The maximum Gasteiger partial charge on any atom is 0.252 e. The number of thiazole rings is 1. The van der Waals surface area contributed by atoms with E-state index in [1.807, 2.05) is 0 Å². The average Bonchev–Trinajstić information content (AvgIpc) is 3.07. The Bertz CT molecular complexity index is 500. The van der Waals surface area contributed by atoms with Crippen LogP contribution in [-0.4, -0.2) is 55.3 Å². The third kappa shape index (κ3) is 4.00. The van der Waals surface area contributed by atoms with E-state index in [0.717, 1.165) is 44.7 Å². The number of fused-ring (bicyclic) bond motifs is 1. The molecule has 1 aromatic heterocycles. The van der Waals surface area contributed by atoms with Crippen LogP contribution >= 0.6 is 11.3 Å². The van der Waals surface area contributed by atoms with Crippen molar-refractivity contribution in [3.8, 4) is 0 Å². The molecule has 1 saturated heterocycles. The van der Waals surface area contributed by atoms with Gasteiger partial charge in [-0.3, -0.25) is 10.1 Å². The molecular weight excluding hydrogens is 290 g/mol. The van der Waals surface area contributed by atoms with E-state index in [1.54, 1.807) is 11.3 Å². The van der Waals surface area contributed by atoms with Gasteiger partial charge in [-0.1, -0.05) is 0 Å². The summed E-state index contributed by atoms with van der Waals surface area (Å²) in [6.07, 6.45) is 3.21. The summed E-state index contributed by atoms with van der Waals surface area (Å²) in [5, 5.41) is 3.50. The number of rotatable bonds is 5. The number of likely N-dealkylation sites (N-methyl/N-ethyl adjacent to an activating group) is 1. The van der Waals surface area contributed by atoms with Gasteiger partial charge in [0.25, 0.3) is 5.91 Å². The fourth-order valence-corrected chi connectivity index (χ4v) is 3.70. The van der Waals surface area contributed by atoms with Gasteiger partial charge in [0.15, 0.2) is 5.13 Å². The fraction of sp³-hybridized carbons (Fsp3) is 0.714. The largest absolute Gasteiger partial charge is 0.376 e. The molecule has 3 heterocycles. The zero-order chi connectivity index (χ0) is 14.7. The predicted molar refractivity (Wildman–Crippen MR) is 80.6 cm³/mol. The van der Waals surface area contributed by atoms with Crippen LogP contribution in [0.3, 0.4) is 0 Å². The van der Waals surface area contributed by atoms with Crippen molar-refractivity contribution in [2.45, 2.75) is 31.9 Å². The van der Waals surface area contributed by atoms with Gasteiger partial charge >= 0.3 is 0 Å². The first kappa shape index (κ1) is 14.9. The molecule has 116 valence electrons. The van der Waals surface area contributed by atoms with Crippen LogP contribution < -0.4 is 5.32 Å². The second kappa shape index (κ2) is 6.83. The van der Waals surface area contributed by atoms with Crippen molar-refractivity contribution in [1.82, 2.24) is 9.88 Å². The summed E-state index contributed by atoms with van der Waals surface area (Å²) in [5.41, 5.74) is 1.12. The molecule has 0 aromatic carbocycles. The third-order valence-corrected chi connectivity index (χ3v) is 4.73. The Morgan fingerprint density at radius 2 is 2.52 bits per heavy atom. The van der Waals surface area contributed by atoms with Crippen molar-refractivity contribution in [2.75, 3.05) is 38.7 Å². The quantitative estimate of drug-likeness (QED) is 0.887. The molecule has 2 aliphatic heterocycles. The molecule has 1 amide bonds. The predicted octanol–water partition coefficient (Wildman–Crippen LogP) is 1.27. The first-order chi connectivity index (χ1) is 10.2. The van der Waals surface area contributed by atoms with E-state index in [0.29, 0.717) is 11.7 Å². The molecule has 6 nitrogen and oxygen atoms in total. The van der Waals surface area contributed by atoms with Crippen LogP contribution in [0.4, 0.5) is 5.13 Å². The number of nitrogens with one attached hydrogen (secondary N) is 1. The molecule has 0 bridgehead atoms. The summed E-state index contributed by atoms with van der Waals surface area (Å²) >= 11 is 1.56. The molecule has 0 spiro atoms. The highest BCUT2D eigenvalue weighted by Crippen LogP contribution is 2.27. The van der Waals surface area contributed by atoms with Gasteiger partial charge in [0.2, 0.25) is 0 Å². The molecule has 1 unspecified atom stereocenters. The van der Waals surface area contributed by atoms with Gasteiger partial charge in [-0.15, -0.1) is 11.3 Å². The molecule has 0 aliphatic carbocycles. The Hall–Kier alpha value is -1.02. The lowest BCUT2D eigenvalue weighted by Crippen LogP contribution is -2.25. The minimum absolute atomic E-state index is 0.0595. The van der Waals surface area contributed by atoms with E-state index in [4.69, 9.17) is 9.47 Å². The number of anilines is 1. The van der Waals surface area contributed by atoms with Gasteiger partial charge in [-0.25, -0.2) is 4.98 Å². The van der Waals surface area contributed by atoms with Gasteiger partial charge in [0, 0.05) is 31.0 Å². The number of carbonyl (C=O) groups excluding carboxylic acids is 1. The van der Waals surface area contributed by atoms with E-state index < -0.39 is 0 Å². The van der Waals surface area contributed by atoms with E-state index >= 15 is 0 Å². The summed E-state index contributed by atoms with van der Waals surface area (Å²) in [4.78, 5) is 19.8. The molecule has 0 radical (unpaired) electrons. The summed E-state index contributed by atoms with van der Waals surface area (Å²) in [7, 11) is 2.10. The highest BCUT2D eigenvalue weighted by molar-refractivity contribution is 7.15. The van der Waals surface area contributed by atoms with Gasteiger partial charge < -0.3 is 14.4 Å². The highest BCUT2D eigenvalue weighted by atomic mass is 32.1. The van der Waals surface area contributed by atoms with Crippen molar-refractivity contribution in [3.05, 3.63) is 10.6 Å². The molecule has 21 heavy (non-hydrogen) atoms. The Labute approximate surface area is 128 Å². The van der Waals surface area contributed by atoms with Gasteiger partial charge in [0.1, 0.15) is 6.61 Å². The number of nitrogens with zero attached hydrogens (tertiary/aromatic N) is 2. The first-order valence-corrected chi connectivity index (χ1v) is 8.18. The maximum atomic E-state index is 11.8. The van der Waals surface area contributed by atoms with E-state index in [-0.39, 0.29) is 18.6 Å². The lowest BCUT2D eigenvalue weighted by Gasteiger charge is -2.20. The number of ether oxygens (including phenoxy) is 2. The lowest BCUT2D eigenvalue weighted by molar-refractivity contribution is -0.121. The number of aromatic nitrogens is 1. The number of hydrogen-bond acceptors (Lipinski definition) is 6.